The van der Waals surface area contributed by atoms with Crippen LogP contribution in [0.15, 0.2) is 71.6 Å². The fourth-order valence-electron chi connectivity index (χ4n) is 3.38. The summed E-state index contributed by atoms with van der Waals surface area (Å²) in [5.41, 5.74) is 1.26. The monoisotopic (exact) mass is 489 g/mol. The van der Waals surface area contributed by atoms with Crippen LogP contribution in [0, 0.1) is 12.7 Å². The molecule has 1 heterocycles. The zero-order valence-corrected chi connectivity index (χ0v) is 18.5. The molecule has 0 fully saturated rings. The molecule has 176 valence electrons. The Balaban J connectivity index is 1.62. The number of aromatic nitrogens is 2. The van der Waals surface area contributed by atoms with Crippen molar-refractivity contribution in [2.45, 2.75) is 25.0 Å². The van der Waals surface area contributed by atoms with E-state index < -0.39 is 28.4 Å². The standard InChI is InChI=1S/C23H18F3N3O4S/c1-14-12-17(10-11-19(14)24)34(31,32)28-22(30)21-18-4-2-3-5-20(18)29(27-21)13-15-6-8-16(9-7-15)33-23(25)26/h2-12,23H,13H2,1H3,(H,28,30). The van der Waals surface area contributed by atoms with Crippen molar-refractivity contribution in [1.82, 2.24) is 14.5 Å². The fraction of sp³-hybridized carbons (Fsp3) is 0.130. The summed E-state index contributed by atoms with van der Waals surface area (Å²) < 4.78 is 71.4. The van der Waals surface area contributed by atoms with Crippen LogP contribution in [0.25, 0.3) is 10.9 Å². The third-order valence-electron chi connectivity index (χ3n) is 5.02. The molecule has 0 spiro atoms. The number of amides is 1. The van der Waals surface area contributed by atoms with Crippen LogP contribution in [0.4, 0.5) is 13.2 Å². The minimum absolute atomic E-state index is 0.00498. The van der Waals surface area contributed by atoms with Gasteiger partial charge < -0.3 is 4.74 Å². The third-order valence-corrected chi connectivity index (χ3v) is 6.35. The summed E-state index contributed by atoms with van der Waals surface area (Å²) in [6.45, 7) is -1.33. The van der Waals surface area contributed by atoms with Gasteiger partial charge in [-0.15, -0.1) is 0 Å². The number of para-hydroxylation sites is 1. The molecule has 11 heteroatoms. The van der Waals surface area contributed by atoms with Crippen molar-refractivity contribution in [3.63, 3.8) is 0 Å². The summed E-state index contributed by atoms with van der Waals surface area (Å²) in [5.74, 6) is -1.51. The van der Waals surface area contributed by atoms with E-state index in [2.05, 4.69) is 9.84 Å². The number of aryl methyl sites for hydroxylation is 1. The van der Waals surface area contributed by atoms with Crippen molar-refractivity contribution in [2.24, 2.45) is 0 Å². The maximum atomic E-state index is 13.5. The molecule has 0 aliphatic rings. The highest BCUT2D eigenvalue weighted by Crippen LogP contribution is 2.22. The zero-order chi connectivity index (χ0) is 24.5. The van der Waals surface area contributed by atoms with E-state index in [9.17, 15) is 26.4 Å². The Labute approximate surface area is 192 Å². The first-order chi connectivity index (χ1) is 16.1. The van der Waals surface area contributed by atoms with E-state index in [4.69, 9.17) is 0 Å². The molecule has 4 aromatic rings. The lowest BCUT2D eigenvalue weighted by molar-refractivity contribution is -0.0498. The van der Waals surface area contributed by atoms with Crippen LogP contribution in [0.2, 0.25) is 0 Å². The van der Waals surface area contributed by atoms with Crippen LogP contribution >= 0.6 is 0 Å². The highest BCUT2D eigenvalue weighted by Gasteiger charge is 2.24. The first kappa shape index (κ1) is 23.3. The van der Waals surface area contributed by atoms with Crippen LogP contribution in [0.1, 0.15) is 21.6 Å². The molecule has 0 atom stereocenters. The van der Waals surface area contributed by atoms with Gasteiger partial charge in [0.15, 0.2) is 5.69 Å². The summed E-state index contributed by atoms with van der Waals surface area (Å²) >= 11 is 0. The molecule has 4 rings (SSSR count). The smallest absolute Gasteiger partial charge is 0.387 e. The number of ether oxygens (including phenoxy) is 1. The lowest BCUT2D eigenvalue weighted by Crippen LogP contribution is -2.31. The van der Waals surface area contributed by atoms with E-state index in [1.807, 2.05) is 4.72 Å². The Morgan fingerprint density at radius 1 is 1.09 bits per heavy atom. The van der Waals surface area contributed by atoms with Gasteiger partial charge in [-0.05, 0) is 54.4 Å². The van der Waals surface area contributed by atoms with Crippen LogP contribution in [0.3, 0.4) is 0 Å². The second-order valence-corrected chi connectivity index (χ2v) is 9.07. The van der Waals surface area contributed by atoms with Gasteiger partial charge in [0.05, 0.1) is 17.0 Å². The number of fused-ring (bicyclic) bond motifs is 1. The van der Waals surface area contributed by atoms with Gasteiger partial charge in [-0.25, -0.2) is 17.5 Å². The summed E-state index contributed by atoms with van der Waals surface area (Å²) in [6.07, 6.45) is 0. The predicted molar refractivity (Wildman–Crippen MR) is 118 cm³/mol. The number of hydrogen-bond donors (Lipinski definition) is 1. The van der Waals surface area contributed by atoms with Crippen molar-refractivity contribution < 1.29 is 31.1 Å². The Morgan fingerprint density at radius 2 is 1.79 bits per heavy atom. The number of carbonyl (C=O) groups is 1. The average molecular weight is 489 g/mol. The molecule has 0 aliphatic heterocycles. The molecular formula is C23H18F3N3O4S. The number of nitrogens with one attached hydrogen (secondary N) is 1. The molecule has 3 aromatic carbocycles. The molecule has 1 amide bonds. The van der Waals surface area contributed by atoms with Crippen LogP contribution < -0.4 is 9.46 Å². The van der Waals surface area contributed by atoms with Crippen molar-refractivity contribution in [3.05, 3.63) is 89.4 Å². The number of rotatable bonds is 7. The van der Waals surface area contributed by atoms with Gasteiger partial charge in [-0.3, -0.25) is 9.48 Å². The van der Waals surface area contributed by atoms with Crippen LogP contribution in [0.5, 0.6) is 5.75 Å². The Kier molecular flexibility index (Phi) is 6.29. The van der Waals surface area contributed by atoms with E-state index in [0.717, 1.165) is 18.2 Å². The topological polar surface area (TPSA) is 90.3 Å². The summed E-state index contributed by atoms with van der Waals surface area (Å²) in [4.78, 5) is 12.6. The molecule has 0 unspecified atom stereocenters. The van der Waals surface area contributed by atoms with Gasteiger partial charge in [0.1, 0.15) is 11.6 Å². The summed E-state index contributed by atoms with van der Waals surface area (Å²) in [6, 6.07) is 15.9. The molecule has 0 radical (unpaired) electrons. The Bertz CT molecular complexity index is 1470. The van der Waals surface area contributed by atoms with Crippen LogP contribution in [-0.4, -0.2) is 30.7 Å². The molecule has 7 nitrogen and oxygen atoms in total. The van der Waals surface area contributed by atoms with Gasteiger partial charge >= 0.3 is 6.61 Å². The van der Waals surface area contributed by atoms with Gasteiger partial charge in [0.25, 0.3) is 15.9 Å². The third kappa shape index (κ3) is 4.88. The second-order valence-electron chi connectivity index (χ2n) is 7.39. The lowest BCUT2D eigenvalue weighted by atomic mass is 10.2. The minimum Gasteiger partial charge on any atom is -0.435 e. The first-order valence-electron chi connectivity index (χ1n) is 9.96. The van der Waals surface area contributed by atoms with Crippen molar-refractivity contribution in [3.8, 4) is 5.75 Å². The van der Waals surface area contributed by atoms with E-state index in [1.165, 1.54) is 23.7 Å². The molecule has 0 saturated heterocycles. The molecule has 0 aliphatic carbocycles. The normalized spacial score (nSPS) is 11.7. The molecule has 0 bridgehead atoms. The van der Waals surface area contributed by atoms with Crippen molar-refractivity contribution in [2.75, 3.05) is 0 Å². The molecular weight excluding hydrogens is 471 g/mol. The second kappa shape index (κ2) is 9.18. The highest BCUT2D eigenvalue weighted by molar-refractivity contribution is 7.90. The summed E-state index contributed by atoms with van der Waals surface area (Å²) in [7, 11) is -4.27. The first-order valence-corrected chi connectivity index (χ1v) is 11.4. The van der Waals surface area contributed by atoms with Gasteiger partial charge in [0.2, 0.25) is 0 Å². The van der Waals surface area contributed by atoms with Gasteiger partial charge in [-0.1, -0.05) is 30.3 Å². The number of hydrogen-bond acceptors (Lipinski definition) is 5. The molecule has 0 saturated carbocycles. The number of carbonyl (C=O) groups excluding carboxylic acids is 1. The average Bonchev–Trinajstić information content (AvgIpc) is 3.15. The molecule has 1 aromatic heterocycles. The number of sulfonamides is 1. The largest absolute Gasteiger partial charge is 0.435 e. The van der Waals surface area contributed by atoms with E-state index >= 15 is 0 Å². The van der Waals surface area contributed by atoms with Crippen molar-refractivity contribution in [1.29, 1.82) is 0 Å². The van der Waals surface area contributed by atoms with E-state index in [-0.39, 0.29) is 28.4 Å². The Hall–Kier alpha value is -3.86. The molecule has 34 heavy (non-hydrogen) atoms. The number of nitrogens with zero attached hydrogens (tertiary/aromatic N) is 2. The number of benzene rings is 3. The zero-order valence-electron chi connectivity index (χ0n) is 17.7. The fourth-order valence-corrected chi connectivity index (χ4v) is 4.42. The van der Waals surface area contributed by atoms with E-state index in [0.29, 0.717) is 16.5 Å². The summed E-state index contributed by atoms with van der Waals surface area (Å²) in [5, 5.41) is 4.71. The van der Waals surface area contributed by atoms with Gasteiger partial charge in [-0.2, -0.15) is 13.9 Å². The van der Waals surface area contributed by atoms with Gasteiger partial charge in [0, 0.05) is 5.39 Å². The highest BCUT2D eigenvalue weighted by atomic mass is 32.2. The molecule has 1 N–H and O–H groups in total. The SMILES string of the molecule is Cc1cc(S(=O)(=O)NC(=O)c2nn(Cc3ccc(OC(F)F)cc3)c3ccccc23)ccc1F. The quantitative estimate of drug-likeness (QED) is 0.419. The van der Waals surface area contributed by atoms with E-state index in [1.54, 1.807) is 36.4 Å². The predicted octanol–water partition coefficient (Wildman–Crippen LogP) is 4.25. The number of alkyl halides is 2. The Morgan fingerprint density at radius 3 is 2.47 bits per heavy atom. The van der Waals surface area contributed by atoms with Crippen LogP contribution in [-0.2, 0) is 16.6 Å². The number of halogens is 3. The lowest BCUT2D eigenvalue weighted by Gasteiger charge is -2.07. The van der Waals surface area contributed by atoms with Crippen molar-refractivity contribution >= 4 is 26.8 Å². The maximum absolute atomic E-state index is 13.5. The minimum atomic E-state index is -4.27. The maximum Gasteiger partial charge on any atom is 0.387 e.